The van der Waals surface area contributed by atoms with Crippen molar-refractivity contribution in [2.24, 2.45) is 0 Å². The fourth-order valence-corrected chi connectivity index (χ4v) is 4.10. The number of rotatable bonds is 4. The molecular weight excluding hydrogens is 350 g/mol. The Hall–Kier alpha value is -2.05. The van der Waals surface area contributed by atoms with Crippen LogP contribution in [0.5, 0.6) is 0 Å². The molecule has 7 heteroatoms. The van der Waals surface area contributed by atoms with E-state index >= 15 is 0 Å². The van der Waals surface area contributed by atoms with Crippen LogP contribution >= 0.6 is 22.9 Å². The molecule has 0 bridgehead atoms. The van der Waals surface area contributed by atoms with Gasteiger partial charge in [-0.3, -0.25) is 9.59 Å². The highest BCUT2D eigenvalue weighted by atomic mass is 35.5. The quantitative estimate of drug-likeness (QED) is 0.882. The molecule has 0 spiro atoms. The summed E-state index contributed by atoms with van der Waals surface area (Å²) in [7, 11) is 1.52. The zero-order chi connectivity index (χ0) is 17.4. The number of allylic oxidation sites excluding steroid dienone is 2. The van der Waals surface area contributed by atoms with Crippen molar-refractivity contribution < 1.29 is 19.4 Å². The lowest BCUT2D eigenvalue weighted by molar-refractivity contribution is -0.136. The molecule has 2 heterocycles. The summed E-state index contributed by atoms with van der Waals surface area (Å²) in [6.45, 7) is 1.78. The molecule has 0 aromatic carbocycles. The van der Waals surface area contributed by atoms with Crippen LogP contribution in [0.15, 0.2) is 51.2 Å². The summed E-state index contributed by atoms with van der Waals surface area (Å²) >= 11 is 7.65. The van der Waals surface area contributed by atoms with Gasteiger partial charge in [0.25, 0.3) is 5.91 Å². The van der Waals surface area contributed by atoms with Gasteiger partial charge in [-0.05, 0) is 35.6 Å². The maximum atomic E-state index is 12.9. The summed E-state index contributed by atoms with van der Waals surface area (Å²) in [5.41, 5.74) is 2.10. The average molecular weight is 366 g/mol. The third-order valence-corrected chi connectivity index (χ3v) is 5.44. The third kappa shape index (κ3) is 2.76. The van der Waals surface area contributed by atoms with Crippen LogP contribution in [0.1, 0.15) is 29.4 Å². The number of fused-ring (bicyclic) bond motifs is 1. The molecule has 1 amide bonds. The number of amides is 1. The molecular formula is C17H16ClNO4S. The Bertz CT molecular complexity index is 792. The van der Waals surface area contributed by atoms with Crippen molar-refractivity contribution in [1.29, 1.82) is 0 Å². The standard InChI is InChI=1S/C17H16ClNO4S/c1-9-10(7-16(20)21)11-6-14(23-2)12(18)8-13(11)19(9)17(22)15-4-3-5-24-15/h3-6,13H,7-8H2,1-2H3,(H,20,21). The zero-order valence-electron chi connectivity index (χ0n) is 13.2. The molecule has 0 fully saturated rings. The highest BCUT2D eigenvalue weighted by Crippen LogP contribution is 2.43. The van der Waals surface area contributed by atoms with Gasteiger partial charge in [0.05, 0.1) is 29.5 Å². The molecule has 0 saturated carbocycles. The van der Waals surface area contributed by atoms with E-state index < -0.39 is 5.97 Å². The Labute approximate surface area is 148 Å². The summed E-state index contributed by atoms with van der Waals surface area (Å²) in [5, 5.41) is 11.6. The van der Waals surface area contributed by atoms with E-state index in [1.165, 1.54) is 18.4 Å². The molecule has 2 aliphatic rings. The predicted octanol–water partition coefficient (Wildman–Crippen LogP) is 3.75. The van der Waals surface area contributed by atoms with Crippen LogP contribution in [-0.4, -0.2) is 35.0 Å². The Balaban J connectivity index is 2.07. The molecule has 126 valence electrons. The van der Waals surface area contributed by atoms with Gasteiger partial charge >= 0.3 is 5.97 Å². The van der Waals surface area contributed by atoms with Gasteiger partial charge in [-0.25, -0.2) is 0 Å². The van der Waals surface area contributed by atoms with Crippen molar-refractivity contribution in [3.63, 3.8) is 0 Å². The predicted molar refractivity (Wildman–Crippen MR) is 91.8 cm³/mol. The molecule has 0 saturated heterocycles. The number of carboxylic acid groups (broad SMARTS) is 1. The summed E-state index contributed by atoms with van der Waals surface area (Å²) in [5.74, 6) is -0.554. The van der Waals surface area contributed by atoms with Crippen molar-refractivity contribution in [1.82, 2.24) is 4.90 Å². The number of aliphatic carboxylic acids is 1. The summed E-state index contributed by atoms with van der Waals surface area (Å²) in [4.78, 5) is 26.4. The molecule has 24 heavy (non-hydrogen) atoms. The SMILES string of the molecule is COC1=C(Cl)CC2C(=C1)C(CC(=O)O)=C(C)N2C(=O)c1cccs1. The van der Waals surface area contributed by atoms with Crippen LogP contribution in [0, 0.1) is 0 Å². The fourth-order valence-electron chi connectivity index (χ4n) is 3.17. The first-order valence-corrected chi connectivity index (χ1v) is 8.63. The van der Waals surface area contributed by atoms with E-state index in [2.05, 4.69) is 0 Å². The van der Waals surface area contributed by atoms with Gasteiger partial charge in [-0.1, -0.05) is 17.7 Å². The topological polar surface area (TPSA) is 66.8 Å². The van der Waals surface area contributed by atoms with Crippen molar-refractivity contribution in [2.45, 2.75) is 25.8 Å². The number of hydrogen-bond acceptors (Lipinski definition) is 4. The monoisotopic (exact) mass is 365 g/mol. The normalized spacial score (nSPS) is 20.2. The fraction of sp³-hybridized carbons (Fsp3) is 0.294. The van der Waals surface area contributed by atoms with Gasteiger partial charge in [0.2, 0.25) is 0 Å². The number of hydrogen-bond donors (Lipinski definition) is 1. The van der Waals surface area contributed by atoms with E-state index in [-0.39, 0.29) is 18.4 Å². The number of carboxylic acids is 1. The zero-order valence-corrected chi connectivity index (χ0v) is 14.8. The lowest BCUT2D eigenvalue weighted by atomic mass is 9.92. The second-order valence-corrected chi connectivity index (χ2v) is 6.98. The van der Waals surface area contributed by atoms with Gasteiger partial charge in [0.15, 0.2) is 0 Å². The van der Waals surface area contributed by atoms with Crippen molar-refractivity contribution in [3.8, 4) is 0 Å². The van der Waals surface area contributed by atoms with Crippen LogP contribution in [0.4, 0.5) is 0 Å². The van der Waals surface area contributed by atoms with Gasteiger partial charge in [-0.2, -0.15) is 0 Å². The molecule has 1 atom stereocenters. The molecule has 0 radical (unpaired) electrons. The first-order valence-electron chi connectivity index (χ1n) is 7.37. The minimum atomic E-state index is -0.936. The summed E-state index contributed by atoms with van der Waals surface area (Å²) in [6, 6.07) is 3.29. The minimum absolute atomic E-state index is 0.135. The van der Waals surface area contributed by atoms with Gasteiger partial charge < -0.3 is 14.7 Å². The number of thiophene rings is 1. The molecule has 1 unspecified atom stereocenters. The number of nitrogens with zero attached hydrogens (tertiary/aromatic N) is 1. The van der Waals surface area contributed by atoms with Gasteiger partial charge in [0, 0.05) is 12.1 Å². The van der Waals surface area contributed by atoms with E-state index in [0.717, 1.165) is 5.57 Å². The molecule has 3 rings (SSSR count). The second-order valence-electron chi connectivity index (χ2n) is 5.58. The van der Waals surface area contributed by atoms with Gasteiger partial charge in [0.1, 0.15) is 5.76 Å². The van der Waals surface area contributed by atoms with E-state index in [9.17, 15) is 14.7 Å². The molecule has 1 N–H and O–H groups in total. The number of methoxy groups -OCH3 is 1. The molecule has 5 nitrogen and oxygen atoms in total. The third-order valence-electron chi connectivity index (χ3n) is 4.24. The molecule has 1 aliphatic heterocycles. The van der Waals surface area contributed by atoms with Crippen molar-refractivity contribution in [3.05, 3.63) is 56.1 Å². The van der Waals surface area contributed by atoms with Crippen molar-refractivity contribution >= 4 is 34.8 Å². The second kappa shape index (κ2) is 6.45. The maximum Gasteiger partial charge on any atom is 0.307 e. The maximum absolute atomic E-state index is 12.9. The number of carbonyl (C=O) groups is 2. The van der Waals surface area contributed by atoms with Crippen LogP contribution in [0.2, 0.25) is 0 Å². The largest absolute Gasteiger partial charge is 0.496 e. The number of ether oxygens (including phenoxy) is 1. The van der Waals surface area contributed by atoms with Crippen LogP contribution in [0.25, 0.3) is 0 Å². The molecule has 1 aromatic rings. The van der Waals surface area contributed by atoms with E-state index in [1.807, 2.05) is 11.4 Å². The minimum Gasteiger partial charge on any atom is -0.496 e. The summed E-state index contributed by atoms with van der Waals surface area (Å²) in [6.07, 6.45) is 2.02. The van der Waals surface area contributed by atoms with E-state index in [4.69, 9.17) is 16.3 Å². The van der Waals surface area contributed by atoms with E-state index in [0.29, 0.717) is 33.4 Å². The Morgan fingerprint density at radius 3 is 2.83 bits per heavy atom. The first kappa shape index (κ1) is 16.8. The van der Waals surface area contributed by atoms with Crippen LogP contribution < -0.4 is 0 Å². The smallest absolute Gasteiger partial charge is 0.307 e. The average Bonchev–Trinajstić information content (AvgIpc) is 3.14. The Morgan fingerprint density at radius 1 is 1.50 bits per heavy atom. The summed E-state index contributed by atoms with van der Waals surface area (Å²) < 4.78 is 5.27. The highest BCUT2D eigenvalue weighted by molar-refractivity contribution is 7.12. The Morgan fingerprint density at radius 2 is 2.25 bits per heavy atom. The van der Waals surface area contributed by atoms with E-state index in [1.54, 1.807) is 24.0 Å². The van der Waals surface area contributed by atoms with Crippen LogP contribution in [-0.2, 0) is 9.53 Å². The van der Waals surface area contributed by atoms with Gasteiger partial charge in [-0.15, -0.1) is 11.3 Å². The number of carbonyl (C=O) groups excluding carboxylic acids is 1. The lowest BCUT2D eigenvalue weighted by Crippen LogP contribution is -2.36. The number of halogens is 1. The lowest BCUT2D eigenvalue weighted by Gasteiger charge is -2.29. The molecule has 1 aromatic heterocycles. The first-order chi connectivity index (χ1) is 11.4. The van der Waals surface area contributed by atoms with Crippen LogP contribution in [0.3, 0.4) is 0 Å². The Kier molecular flexibility index (Phi) is 4.51. The van der Waals surface area contributed by atoms with Crippen molar-refractivity contribution in [2.75, 3.05) is 7.11 Å². The molecule has 1 aliphatic carbocycles. The highest BCUT2D eigenvalue weighted by Gasteiger charge is 2.41.